The molecule has 0 aliphatic carbocycles. The highest BCUT2D eigenvalue weighted by atomic mass is 16.5. The van der Waals surface area contributed by atoms with Crippen molar-refractivity contribution < 1.29 is 28.5 Å². The van der Waals surface area contributed by atoms with Gasteiger partial charge in [0.25, 0.3) is 0 Å². The topological polar surface area (TPSA) is 71.1 Å². The Hall–Kier alpha value is -3.02. The van der Waals surface area contributed by atoms with Gasteiger partial charge in [0.05, 0.1) is 14.2 Å². The highest BCUT2D eigenvalue weighted by Gasteiger charge is 2.07. The first-order valence-corrected chi connectivity index (χ1v) is 8.45. The molecular formula is C21H26O6. The lowest BCUT2D eigenvalue weighted by Gasteiger charge is -2.07. The van der Waals surface area contributed by atoms with Gasteiger partial charge >= 0.3 is 11.9 Å². The van der Waals surface area contributed by atoms with Crippen molar-refractivity contribution in [1.29, 1.82) is 0 Å². The summed E-state index contributed by atoms with van der Waals surface area (Å²) in [6.45, 7) is 5.17. The molecule has 0 unspecified atom stereocenters. The van der Waals surface area contributed by atoms with Crippen LogP contribution in [0.15, 0.2) is 47.6 Å². The summed E-state index contributed by atoms with van der Waals surface area (Å²) in [6.07, 6.45) is 6.72. The van der Waals surface area contributed by atoms with E-state index in [-0.39, 0.29) is 13.2 Å². The number of carbonyl (C=O) groups excluding carboxylic acids is 2. The molecule has 0 aromatic heterocycles. The number of methoxy groups -OCH3 is 2. The van der Waals surface area contributed by atoms with Gasteiger partial charge in [-0.15, -0.1) is 0 Å². The molecule has 0 bridgehead atoms. The van der Waals surface area contributed by atoms with Crippen LogP contribution >= 0.6 is 0 Å². The van der Waals surface area contributed by atoms with Gasteiger partial charge in [0.15, 0.2) is 11.5 Å². The lowest BCUT2D eigenvalue weighted by atomic mass is 10.2. The summed E-state index contributed by atoms with van der Waals surface area (Å²) in [5, 5.41) is 0. The van der Waals surface area contributed by atoms with Crippen molar-refractivity contribution >= 4 is 18.0 Å². The SMILES string of the molecule is CC=C(C)C(=O)OCC=C(C)C(=O)OCC=Cc1ccc(OC)c(OC)c1. The summed E-state index contributed by atoms with van der Waals surface area (Å²) in [7, 11) is 3.14. The number of esters is 2. The number of hydrogen-bond acceptors (Lipinski definition) is 6. The van der Waals surface area contributed by atoms with Crippen molar-refractivity contribution in [3.63, 3.8) is 0 Å². The standard InChI is InChI=1S/C21H26O6/c1-6-15(2)20(22)27-13-11-16(3)21(23)26-12-7-8-17-9-10-18(24-4)19(14-17)25-5/h6-11,14H,12-13H2,1-5H3. The number of carbonyl (C=O) groups is 2. The van der Waals surface area contributed by atoms with Crippen molar-refractivity contribution in [2.75, 3.05) is 27.4 Å². The van der Waals surface area contributed by atoms with E-state index in [4.69, 9.17) is 18.9 Å². The molecule has 1 aromatic carbocycles. The second-order valence-electron chi connectivity index (χ2n) is 5.57. The summed E-state index contributed by atoms with van der Waals surface area (Å²) in [4.78, 5) is 23.4. The molecule has 0 amide bonds. The molecule has 0 N–H and O–H groups in total. The van der Waals surface area contributed by atoms with E-state index >= 15 is 0 Å². The quantitative estimate of drug-likeness (QED) is 0.485. The summed E-state index contributed by atoms with van der Waals surface area (Å²) in [6, 6.07) is 5.49. The minimum atomic E-state index is -0.467. The number of benzene rings is 1. The van der Waals surface area contributed by atoms with E-state index in [1.807, 2.05) is 18.2 Å². The van der Waals surface area contributed by atoms with Gasteiger partial charge in [-0.25, -0.2) is 9.59 Å². The monoisotopic (exact) mass is 374 g/mol. The van der Waals surface area contributed by atoms with E-state index < -0.39 is 11.9 Å². The zero-order valence-electron chi connectivity index (χ0n) is 16.4. The van der Waals surface area contributed by atoms with Crippen molar-refractivity contribution in [2.24, 2.45) is 0 Å². The molecule has 0 aliphatic rings. The fraction of sp³-hybridized carbons (Fsp3) is 0.333. The molecule has 1 rings (SSSR count). The minimum Gasteiger partial charge on any atom is -0.493 e. The Morgan fingerprint density at radius 2 is 1.56 bits per heavy atom. The molecule has 0 heterocycles. The van der Waals surface area contributed by atoms with Gasteiger partial charge < -0.3 is 18.9 Å². The van der Waals surface area contributed by atoms with Gasteiger partial charge in [0, 0.05) is 11.1 Å². The van der Waals surface area contributed by atoms with Crippen molar-refractivity contribution in [2.45, 2.75) is 20.8 Å². The average Bonchev–Trinajstić information content (AvgIpc) is 2.69. The molecule has 6 heteroatoms. The zero-order chi connectivity index (χ0) is 20.2. The van der Waals surface area contributed by atoms with Crippen LogP contribution in [0, 0.1) is 0 Å². The third-order valence-corrected chi connectivity index (χ3v) is 3.71. The van der Waals surface area contributed by atoms with E-state index in [0.717, 1.165) is 5.56 Å². The maximum Gasteiger partial charge on any atom is 0.333 e. The van der Waals surface area contributed by atoms with Crippen molar-refractivity contribution in [3.05, 3.63) is 53.1 Å². The molecule has 1 aromatic rings. The molecule has 0 atom stereocenters. The predicted molar refractivity (Wildman–Crippen MR) is 104 cm³/mol. The van der Waals surface area contributed by atoms with Gasteiger partial charge in [-0.05, 0) is 50.6 Å². The normalized spacial score (nSPS) is 12.0. The molecule has 0 fully saturated rings. The lowest BCUT2D eigenvalue weighted by molar-refractivity contribution is -0.139. The van der Waals surface area contributed by atoms with E-state index in [9.17, 15) is 9.59 Å². The molecule has 0 saturated carbocycles. The second-order valence-corrected chi connectivity index (χ2v) is 5.57. The summed E-state index contributed by atoms with van der Waals surface area (Å²) >= 11 is 0. The van der Waals surface area contributed by atoms with Crippen LogP contribution in [0.5, 0.6) is 11.5 Å². The molecule has 0 aliphatic heterocycles. The summed E-state index contributed by atoms with van der Waals surface area (Å²) in [5.41, 5.74) is 1.78. The smallest absolute Gasteiger partial charge is 0.333 e. The molecule has 27 heavy (non-hydrogen) atoms. The van der Waals surface area contributed by atoms with E-state index in [1.54, 1.807) is 53.2 Å². The summed E-state index contributed by atoms with van der Waals surface area (Å²) in [5.74, 6) is 0.392. The second kappa shape index (κ2) is 11.6. The molecule has 0 saturated heterocycles. The first-order chi connectivity index (χ1) is 12.9. The fourth-order valence-corrected chi connectivity index (χ4v) is 1.94. The van der Waals surface area contributed by atoms with Gasteiger partial charge in [0.2, 0.25) is 0 Å². The molecule has 0 radical (unpaired) electrons. The highest BCUT2D eigenvalue weighted by molar-refractivity contribution is 5.89. The molecule has 6 nitrogen and oxygen atoms in total. The molecular weight excluding hydrogens is 348 g/mol. The van der Waals surface area contributed by atoms with Crippen LogP contribution < -0.4 is 9.47 Å². The Balaban J connectivity index is 2.48. The minimum absolute atomic E-state index is 0.0203. The Labute approximate surface area is 160 Å². The van der Waals surface area contributed by atoms with E-state index in [0.29, 0.717) is 22.6 Å². The zero-order valence-corrected chi connectivity index (χ0v) is 16.4. The van der Waals surface area contributed by atoms with Crippen LogP contribution in [0.3, 0.4) is 0 Å². The fourth-order valence-electron chi connectivity index (χ4n) is 1.94. The van der Waals surface area contributed by atoms with Crippen LogP contribution in [0.4, 0.5) is 0 Å². The van der Waals surface area contributed by atoms with Crippen molar-refractivity contribution in [3.8, 4) is 11.5 Å². The van der Waals surface area contributed by atoms with Gasteiger partial charge in [0.1, 0.15) is 13.2 Å². The van der Waals surface area contributed by atoms with Gasteiger partial charge in [-0.2, -0.15) is 0 Å². The number of allylic oxidation sites excluding steroid dienone is 1. The number of rotatable bonds is 9. The van der Waals surface area contributed by atoms with Gasteiger partial charge in [-0.3, -0.25) is 0 Å². The number of hydrogen-bond donors (Lipinski definition) is 0. The van der Waals surface area contributed by atoms with Gasteiger partial charge in [-0.1, -0.05) is 18.2 Å². The Kier molecular flexibility index (Phi) is 9.43. The van der Waals surface area contributed by atoms with Crippen molar-refractivity contribution in [1.82, 2.24) is 0 Å². The predicted octanol–water partition coefficient (Wildman–Crippen LogP) is 3.72. The lowest BCUT2D eigenvalue weighted by Crippen LogP contribution is -2.09. The maximum atomic E-state index is 11.9. The van der Waals surface area contributed by atoms with Crippen LogP contribution in [0.1, 0.15) is 26.3 Å². The Bertz CT molecular complexity index is 743. The van der Waals surface area contributed by atoms with Crippen LogP contribution in [0.2, 0.25) is 0 Å². The Morgan fingerprint density at radius 1 is 0.926 bits per heavy atom. The molecule has 0 spiro atoms. The van der Waals surface area contributed by atoms with E-state index in [2.05, 4.69) is 0 Å². The average molecular weight is 374 g/mol. The highest BCUT2D eigenvalue weighted by Crippen LogP contribution is 2.27. The number of ether oxygens (including phenoxy) is 4. The molecule has 146 valence electrons. The Morgan fingerprint density at radius 3 is 2.19 bits per heavy atom. The van der Waals surface area contributed by atoms with Crippen LogP contribution in [-0.4, -0.2) is 39.4 Å². The first-order valence-electron chi connectivity index (χ1n) is 8.45. The van der Waals surface area contributed by atoms with Crippen LogP contribution in [-0.2, 0) is 19.1 Å². The summed E-state index contributed by atoms with van der Waals surface area (Å²) < 4.78 is 20.6. The maximum absolute atomic E-state index is 11.9. The van der Waals surface area contributed by atoms with Crippen LogP contribution in [0.25, 0.3) is 6.08 Å². The first kappa shape index (κ1) is 22.0. The third-order valence-electron chi connectivity index (χ3n) is 3.71. The van der Waals surface area contributed by atoms with E-state index in [1.165, 1.54) is 6.08 Å². The third kappa shape index (κ3) is 7.40. The largest absolute Gasteiger partial charge is 0.493 e.